The minimum absolute atomic E-state index is 0.186. The van der Waals surface area contributed by atoms with Crippen LogP contribution >= 0.6 is 12.2 Å². The van der Waals surface area contributed by atoms with Gasteiger partial charge in [-0.15, -0.1) is 0 Å². The molecule has 1 amide bonds. The number of aryl methyl sites for hydroxylation is 1. The molecule has 0 atom stereocenters. The lowest BCUT2D eigenvalue weighted by Gasteiger charge is -2.09. The molecule has 0 fully saturated rings. The normalized spacial score (nSPS) is 10.5. The van der Waals surface area contributed by atoms with E-state index in [1.165, 1.54) is 0 Å². The Kier molecular flexibility index (Phi) is 4.48. The quantitative estimate of drug-likeness (QED) is 0.501. The van der Waals surface area contributed by atoms with Crippen LogP contribution in [0.1, 0.15) is 21.6 Å². The summed E-state index contributed by atoms with van der Waals surface area (Å²) in [6.45, 7) is 2.67. The van der Waals surface area contributed by atoms with E-state index in [4.69, 9.17) is 18.0 Å². The van der Waals surface area contributed by atoms with Gasteiger partial charge in [0, 0.05) is 17.5 Å². The molecule has 122 valence electrons. The summed E-state index contributed by atoms with van der Waals surface area (Å²) in [4.78, 5) is 15.3. The summed E-state index contributed by atoms with van der Waals surface area (Å²) in [5.41, 5.74) is 9.72. The summed E-state index contributed by atoms with van der Waals surface area (Å²) in [5.74, 6) is -0.186. The van der Waals surface area contributed by atoms with E-state index in [0.29, 0.717) is 28.3 Å². The second-order valence-corrected chi connectivity index (χ2v) is 5.95. The lowest BCUT2D eigenvalue weighted by molar-refractivity contribution is 0.102. The Labute approximate surface area is 145 Å². The van der Waals surface area contributed by atoms with Crippen LogP contribution < -0.4 is 11.1 Å². The number of benzene rings is 2. The molecular weight excluding hydrogens is 320 g/mol. The number of hydrogen-bond acceptors (Lipinski definition) is 3. The summed E-state index contributed by atoms with van der Waals surface area (Å²) in [7, 11) is 0. The van der Waals surface area contributed by atoms with Crippen LogP contribution in [0.3, 0.4) is 0 Å². The molecule has 0 aliphatic rings. The van der Waals surface area contributed by atoms with Crippen LogP contribution in [0.25, 0.3) is 0 Å². The second-order valence-electron chi connectivity index (χ2n) is 5.56. The number of rotatable bonds is 4. The maximum absolute atomic E-state index is 12.3. The molecule has 24 heavy (non-hydrogen) atoms. The number of imidazole rings is 1. The molecule has 0 saturated heterocycles. The molecule has 0 radical (unpaired) electrons. The number of H-pyrrole nitrogens is 1. The molecule has 0 spiro atoms. The highest BCUT2D eigenvalue weighted by molar-refractivity contribution is 7.71. The fraction of sp³-hybridized carbons (Fsp3) is 0.111. The summed E-state index contributed by atoms with van der Waals surface area (Å²) in [6.07, 6.45) is 1.88. The van der Waals surface area contributed by atoms with E-state index >= 15 is 0 Å². The fourth-order valence-electron chi connectivity index (χ4n) is 2.43. The highest BCUT2D eigenvalue weighted by atomic mass is 32.1. The average Bonchev–Trinajstić information content (AvgIpc) is 2.89. The second kappa shape index (κ2) is 6.72. The lowest BCUT2D eigenvalue weighted by Crippen LogP contribution is -2.13. The minimum Gasteiger partial charge on any atom is -0.397 e. The minimum atomic E-state index is -0.186. The third-order valence-electron chi connectivity index (χ3n) is 3.84. The van der Waals surface area contributed by atoms with Crippen molar-refractivity contribution in [2.45, 2.75) is 13.5 Å². The van der Waals surface area contributed by atoms with Gasteiger partial charge < -0.3 is 20.6 Å². The number of nitrogens with one attached hydrogen (secondary N) is 2. The van der Waals surface area contributed by atoms with E-state index in [9.17, 15) is 4.79 Å². The monoisotopic (exact) mass is 338 g/mol. The first kappa shape index (κ1) is 16.0. The maximum Gasteiger partial charge on any atom is 0.255 e. The van der Waals surface area contributed by atoms with Gasteiger partial charge >= 0.3 is 0 Å². The molecule has 0 unspecified atom stereocenters. The van der Waals surface area contributed by atoms with Crippen LogP contribution in [0.2, 0.25) is 0 Å². The Bertz CT molecular complexity index is 925. The number of aromatic nitrogens is 2. The van der Waals surface area contributed by atoms with Gasteiger partial charge in [-0.25, -0.2) is 0 Å². The largest absolute Gasteiger partial charge is 0.397 e. The Morgan fingerprint density at radius 3 is 2.54 bits per heavy atom. The van der Waals surface area contributed by atoms with Crippen molar-refractivity contribution in [1.29, 1.82) is 0 Å². The molecule has 0 saturated carbocycles. The molecule has 0 aliphatic carbocycles. The molecule has 5 nitrogen and oxygen atoms in total. The van der Waals surface area contributed by atoms with Gasteiger partial charge in [0.25, 0.3) is 5.91 Å². The topological polar surface area (TPSA) is 75.8 Å². The summed E-state index contributed by atoms with van der Waals surface area (Å²) >= 11 is 5.26. The van der Waals surface area contributed by atoms with Crippen molar-refractivity contribution < 1.29 is 4.79 Å². The van der Waals surface area contributed by atoms with Gasteiger partial charge in [-0.2, -0.15) is 0 Å². The highest BCUT2D eigenvalue weighted by Crippen LogP contribution is 2.18. The van der Waals surface area contributed by atoms with Crippen LogP contribution in [0.5, 0.6) is 0 Å². The van der Waals surface area contributed by atoms with Crippen LogP contribution in [-0.4, -0.2) is 15.5 Å². The predicted octanol–water partition coefficient (Wildman–Crippen LogP) is 3.74. The number of aromatic amines is 1. The van der Waals surface area contributed by atoms with Crippen molar-refractivity contribution in [1.82, 2.24) is 9.55 Å². The van der Waals surface area contributed by atoms with Crippen molar-refractivity contribution in [3.63, 3.8) is 0 Å². The van der Waals surface area contributed by atoms with Gasteiger partial charge in [-0.05, 0) is 49.0 Å². The van der Waals surface area contributed by atoms with Crippen molar-refractivity contribution in [2.24, 2.45) is 0 Å². The molecule has 6 heteroatoms. The van der Waals surface area contributed by atoms with Crippen molar-refractivity contribution >= 4 is 29.5 Å². The molecule has 1 aromatic heterocycles. The number of anilines is 2. The molecule has 1 heterocycles. The third-order valence-corrected chi connectivity index (χ3v) is 4.18. The van der Waals surface area contributed by atoms with Crippen molar-refractivity contribution in [3.8, 4) is 0 Å². The number of nitrogens with zero attached hydrogens (tertiary/aromatic N) is 1. The van der Waals surface area contributed by atoms with Gasteiger partial charge in [0.1, 0.15) is 0 Å². The maximum atomic E-state index is 12.3. The SMILES string of the molecule is Cc1c[nH]c(=S)n1Cc1ccc(C(=O)Nc2ccccc2N)cc1. The number of nitrogens with two attached hydrogens (primary N) is 1. The van der Waals surface area contributed by atoms with Crippen LogP contribution in [-0.2, 0) is 6.54 Å². The van der Waals surface area contributed by atoms with Gasteiger partial charge in [0.05, 0.1) is 17.9 Å². The number of carbonyl (C=O) groups is 1. The number of hydrogen-bond donors (Lipinski definition) is 3. The molecule has 0 aliphatic heterocycles. The molecule has 4 N–H and O–H groups in total. The van der Waals surface area contributed by atoms with Crippen molar-refractivity contribution in [3.05, 3.63) is 76.3 Å². The van der Waals surface area contributed by atoms with E-state index in [2.05, 4.69) is 10.3 Å². The van der Waals surface area contributed by atoms with Gasteiger partial charge in [-0.3, -0.25) is 4.79 Å². The molecule has 2 aromatic carbocycles. The van der Waals surface area contributed by atoms with Gasteiger partial charge in [0.15, 0.2) is 4.77 Å². The van der Waals surface area contributed by atoms with Crippen molar-refractivity contribution in [2.75, 3.05) is 11.1 Å². The summed E-state index contributed by atoms with van der Waals surface area (Å²) in [5, 5.41) is 2.82. The van der Waals surface area contributed by atoms with E-state index in [0.717, 1.165) is 11.3 Å². The smallest absolute Gasteiger partial charge is 0.255 e. The average molecular weight is 338 g/mol. The van der Waals surface area contributed by atoms with Crippen LogP contribution in [0.4, 0.5) is 11.4 Å². The summed E-state index contributed by atoms with van der Waals surface area (Å²) in [6, 6.07) is 14.6. The third kappa shape index (κ3) is 3.38. The Morgan fingerprint density at radius 2 is 1.92 bits per heavy atom. The van der Waals surface area contributed by atoms with Crippen LogP contribution in [0, 0.1) is 11.7 Å². The molecule has 0 bridgehead atoms. The Morgan fingerprint density at radius 1 is 1.21 bits per heavy atom. The van der Waals surface area contributed by atoms with E-state index < -0.39 is 0 Å². The fourth-order valence-corrected chi connectivity index (χ4v) is 2.70. The predicted molar refractivity (Wildman–Crippen MR) is 98.7 cm³/mol. The zero-order valence-electron chi connectivity index (χ0n) is 13.2. The first-order chi connectivity index (χ1) is 11.5. The number of carbonyl (C=O) groups excluding carboxylic acids is 1. The highest BCUT2D eigenvalue weighted by Gasteiger charge is 2.08. The molecular formula is C18H18N4OS. The van der Waals surface area contributed by atoms with E-state index in [-0.39, 0.29) is 5.91 Å². The molecule has 3 rings (SSSR count). The Balaban J connectivity index is 1.73. The summed E-state index contributed by atoms with van der Waals surface area (Å²) < 4.78 is 2.70. The lowest BCUT2D eigenvalue weighted by atomic mass is 10.1. The molecule has 3 aromatic rings. The number of nitrogen functional groups attached to an aromatic ring is 1. The van der Waals surface area contributed by atoms with Gasteiger partial charge in [0.2, 0.25) is 0 Å². The van der Waals surface area contributed by atoms with Gasteiger partial charge in [-0.1, -0.05) is 24.3 Å². The number of amides is 1. The standard InChI is InChI=1S/C18H18N4OS/c1-12-10-20-18(24)22(12)11-13-6-8-14(9-7-13)17(23)21-16-5-3-2-4-15(16)19/h2-10H,11,19H2,1H3,(H,20,24)(H,21,23). The van der Waals surface area contributed by atoms with Crippen LogP contribution in [0.15, 0.2) is 54.7 Å². The first-order valence-electron chi connectivity index (χ1n) is 7.54. The first-order valence-corrected chi connectivity index (χ1v) is 7.95. The number of para-hydroxylation sites is 2. The van der Waals surface area contributed by atoms with E-state index in [1.807, 2.05) is 42.0 Å². The van der Waals surface area contributed by atoms with E-state index in [1.54, 1.807) is 24.3 Å². The zero-order valence-corrected chi connectivity index (χ0v) is 14.1. The Hall–Kier alpha value is -2.86. The zero-order chi connectivity index (χ0) is 17.1.